The van der Waals surface area contributed by atoms with E-state index in [0.717, 1.165) is 42.8 Å². The molecule has 6 nitrogen and oxygen atoms in total. The van der Waals surface area contributed by atoms with Crippen LogP contribution in [0.15, 0.2) is 42.9 Å². The summed E-state index contributed by atoms with van der Waals surface area (Å²) in [6.07, 6.45) is 5.54. The Bertz CT molecular complexity index is 841. The molecule has 1 aromatic carbocycles. The molecule has 1 saturated carbocycles. The SMILES string of the molecule is Cn1ncc2c(N(Cc3ccccc3)CC3(CO)CC3)ncnc21. The molecule has 6 heteroatoms. The fourth-order valence-corrected chi connectivity index (χ4v) is 3.16. The van der Waals surface area contributed by atoms with Crippen LogP contribution in [0.3, 0.4) is 0 Å². The van der Waals surface area contributed by atoms with E-state index in [9.17, 15) is 5.11 Å². The molecule has 4 rings (SSSR count). The van der Waals surface area contributed by atoms with Crippen LogP contribution in [0.1, 0.15) is 18.4 Å². The number of anilines is 1. The second-order valence-corrected chi connectivity index (χ2v) is 6.70. The zero-order valence-electron chi connectivity index (χ0n) is 13.8. The van der Waals surface area contributed by atoms with Gasteiger partial charge in [0.25, 0.3) is 0 Å². The number of aliphatic hydroxyl groups is 1. The first-order valence-corrected chi connectivity index (χ1v) is 8.23. The normalized spacial score (nSPS) is 15.6. The summed E-state index contributed by atoms with van der Waals surface area (Å²) < 4.78 is 1.76. The number of aromatic nitrogens is 4. The van der Waals surface area contributed by atoms with Gasteiger partial charge in [-0.05, 0) is 18.4 Å². The smallest absolute Gasteiger partial charge is 0.163 e. The van der Waals surface area contributed by atoms with E-state index < -0.39 is 0 Å². The minimum absolute atomic E-state index is 0.00820. The number of hydrogen-bond acceptors (Lipinski definition) is 5. The highest BCUT2D eigenvalue weighted by atomic mass is 16.3. The predicted octanol–water partition coefficient (Wildman–Crippen LogP) is 2.14. The maximum Gasteiger partial charge on any atom is 0.163 e. The van der Waals surface area contributed by atoms with Gasteiger partial charge in [0.05, 0.1) is 18.2 Å². The second-order valence-electron chi connectivity index (χ2n) is 6.70. The summed E-state index contributed by atoms with van der Waals surface area (Å²) in [7, 11) is 1.89. The quantitative estimate of drug-likeness (QED) is 0.753. The number of fused-ring (bicyclic) bond motifs is 1. The molecule has 3 aromatic rings. The molecule has 2 heterocycles. The van der Waals surface area contributed by atoms with Gasteiger partial charge < -0.3 is 10.0 Å². The molecule has 2 aromatic heterocycles. The number of nitrogens with zero attached hydrogens (tertiary/aromatic N) is 5. The average Bonchev–Trinajstić information content (AvgIpc) is 3.30. The Morgan fingerprint density at radius 1 is 1.21 bits per heavy atom. The average molecular weight is 323 g/mol. The van der Waals surface area contributed by atoms with Crippen molar-refractivity contribution in [3.8, 4) is 0 Å². The molecule has 0 radical (unpaired) electrons. The maximum atomic E-state index is 9.76. The van der Waals surface area contributed by atoms with E-state index in [1.807, 2.05) is 31.4 Å². The number of rotatable bonds is 6. The Morgan fingerprint density at radius 3 is 2.71 bits per heavy atom. The first-order valence-electron chi connectivity index (χ1n) is 8.23. The predicted molar refractivity (Wildman–Crippen MR) is 92.5 cm³/mol. The van der Waals surface area contributed by atoms with Gasteiger partial charge in [-0.2, -0.15) is 5.10 Å². The van der Waals surface area contributed by atoms with Crippen molar-refractivity contribution in [2.24, 2.45) is 12.5 Å². The van der Waals surface area contributed by atoms with Crippen LogP contribution < -0.4 is 4.90 Å². The molecule has 0 saturated heterocycles. The molecule has 0 amide bonds. The number of hydrogen-bond donors (Lipinski definition) is 1. The molecular weight excluding hydrogens is 302 g/mol. The Kier molecular flexibility index (Phi) is 3.69. The van der Waals surface area contributed by atoms with Crippen molar-refractivity contribution < 1.29 is 5.11 Å². The van der Waals surface area contributed by atoms with Crippen molar-refractivity contribution in [1.29, 1.82) is 0 Å². The molecule has 0 bridgehead atoms. The van der Waals surface area contributed by atoms with Gasteiger partial charge in [-0.3, -0.25) is 4.68 Å². The van der Waals surface area contributed by atoms with Gasteiger partial charge >= 0.3 is 0 Å². The van der Waals surface area contributed by atoms with Crippen LogP contribution in [-0.2, 0) is 13.6 Å². The third-order valence-electron chi connectivity index (χ3n) is 4.84. The second kappa shape index (κ2) is 5.87. The molecular formula is C18H21N5O. The van der Waals surface area contributed by atoms with Crippen LogP contribution in [-0.4, -0.2) is 38.0 Å². The first-order chi connectivity index (χ1) is 11.7. The Balaban J connectivity index is 1.73. The van der Waals surface area contributed by atoms with E-state index in [4.69, 9.17) is 0 Å². The van der Waals surface area contributed by atoms with Crippen LogP contribution in [0.4, 0.5) is 5.82 Å². The Hall–Kier alpha value is -2.47. The molecule has 0 unspecified atom stereocenters. The van der Waals surface area contributed by atoms with Crippen molar-refractivity contribution in [3.05, 3.63) is 48.4 Å². The molecule has 0 aliphatic heterocycles. The van der Waals surface area contributed by atoms with Gasteiger partial charge in [0, 0.05) is 25.6 Å². The maximum absolute atomic E-state index is 9.76. The lowest BCUT2D eigenvalue weighted by Crippen LogP contribution is -2.32. The van der Waals surface area contributed by atoms with E-state index >= 15 is 0 Å². The molecule has 1 aliphatic rings. The third kappa shape index (κ3) is 2.73. The molecule has 124 valence electrons. The number of aryl methyl sites for hydroxylation is 1. The van der Waals surface area contributed by atoms with Crippen molar-refractivity contribution >= 4 is 16.9 Å². The summed E-state index contributed by atoms with van der Waals surface area (Å²) in [6, 6.07) is 10.4. The van der Waals surface area contributed by atoms with Crippen molar-refractivity contribution in [2.75, 3.05) is 18.1 Å². The standard InChI is InChI=1S/C18H21N5O/c1-22-16-15(9-21-22)17(20-13-19-16)23(11-18(12-24)7-8-18)10-14-5-3-2-4-6-14/h2-6,9,13,24H,7-8,10-12H2,1H3. The van der Waals surface area contributed by atoms with Crippen molar-refractivity contribution in [1.82, 2.24) is 19.7 Å². The van der Waals surface area contributed by atoms with Crippen molar-refractivity contribution in [3.63, 3.8) is 0 Å². The molecule has 1 fully saturated rings. The summed E-state index contributed by atoms with van der Waals surface area (Å²) in [4.78, 5) is 11.1. The summed E-state index contributed by atoms with van der Waals surface area (Å²) in [6.45, 7) is 1.77. The summed E-state index contributed by atoms with van der Waals surface area (Å²) >= 11 is 0. The molecule has 1 N–H and O–H groups in total. The van der Waals surface area contributed by atoms with Crippen LogP contribution in [0.5, 0.6) is 0 Å². The minimum atomic E-state index is 0.00820. The van der Waals surface area contributed by atoms with E-state index in [1.54, 1.807) is 11.0 Å². The Labute approximate surface area is 140 Å². The topological polar surface area (TPSA) is 67.1 Å². The molecule has 0 atom stereocenters. The van der Waals surface area contributed by atoms with Crippen LogP contribution in [0, 0.1) is 5.41 Å². The fraction of sp³-hybridized carbons (Fsp3) is 0.389. The van der Waals surface area contributed by atoms with Gasteiger partial charge in [0.2, 0.25) is 0 Å². The van der Waals surface area contributed by atoms with E-state index in [1.165, 1.54) is 5.56 Å². The molecule has 1 aliphatic carbocycles. The highest BCUT2D eigenvalue weighted by molar-refractivity contribution is 5.86. The van der Waals surface area contributed by atoms with Crippen LogP contribution in [0.25, 0.3) is 11.0 Å². The highest BCUT2D eigenvalue weighted by Gasteiger charge is 2.43. The summed E-state index contributed by atoms with van der Waals surface area (Å²) in [5.74, 6) is 0.886. The van der Waals surface area contributed by atoms with Crippen LogP contribution >= 0.6 is 0 Å². The van der Waals surface area contributed by atoms with Gasteiger partial charge in [-0.25, -0.2) is 9.97 Å². The monoisotopic (exact) mass is 323 g/mol. The summed E-state index contributed by atoms with van der Waals surface area (Å²) in [5, 5.41) is 15.0. The number of aliphatic hydroxyl groups excluding tert-OH is 1. The fourth-order valence-electron chi connectivity index (χ4n) is 3.16. The molecule has 24 heavy (non-hydrogen) atoms. The zero-order valence-corrected chi connectivity index (χ0v) is 13.8. The zero-order chi connectivity index (χ0) is 16.6. The summed E-state index contributed by atoms with van der Waals surface area (Å²) in [5.41, 5.74) is 2.06. The lowest BCUT2D eigenvalue weighted by Gasteiger charge is -2.28. The van der Waals surface area contributed by atoms with Gasteiger partial charge in [-0.15, -0.1) is 0 Å². The minimum Gasteiger partial charge on any atom is -0.396 e. The Morgan fingerprint density at radius 2 is 2.00 bits per heavy atom. The van der Waals surface area contributed by atoms with Gasteiger partial charge in [-0.1, -0.05) is 30.3 Å². The van der Waals surface area contributed by atoms with E-state index in [-0.39, 0.29) is 12.0 Å². The first kappa shape index (κ1) is 15.1. The molecule has 0 spiro atoms. The number of benzene rings is 1. The largest absolute Gasteiger partial charge is 0.396 e. The third-order valence-corrected chi connectivity index (χ3v) is 4.84. The van der Waals surface area contributed by atoms with E-state index in [0.29, 0.717) is 0 Å². The lowest BCUT2D eigenvalue weighted by atomic mass is 10.1. The highest BCUT2D eigenvalue weighted by Crippen LogP contribution is 2.46. The van der Waals surface area contributed by atoms with Crippen LogP contribution in [0.2, 0.25) is 0 Å². The van der Waals surface area contributed by atoms with Gasteiger partial charge in [0.1, 0.15) is 12.1 Å². The van der Waals surface area contributed by atoms with E-state index in [2.05, 4.69) is 32.1 Å². The lowest BCUT2D eigenvalue weighted by molar-refractivity contribution is 0.213. The van der Waals surface area contributed by atoms with Crippen molar-refractivity contribution in [2.45, 2.75) is 19.4 Å². The van der Waals surface area contributed by atoms with Gasteiger partial charge in [0.15, 0.2) is 5.65 Å².